The van der Waals surface area contributed by atoms with Crippen molar-refractivity contribution in [1.82, 2.24) is 62.9 Å². The van der Waals surface area contributed by atoms with Crippen LogP contribution in [-0.4, -0.2) is 426 Å². The van der Waals surface area contributed by atoms with Crippen LogP contribution in [0.3, 0.4) is 0 Å². The number of nitro groups is 5. The number of carbonyl (C=O) groups is 4. The number of nitrogens with zero attached hydrogens (tertiary/aromatic N) is 18. The van der Waals surface area contributed by atoms with Gasteiger partial charge in [0.25, 0.3) is 11.8 Å². The van der Waals surface area contributed by atoms with Crippen LogP contribution < -0.4 is 62.4 Å². The molecule has 8 unspecified atom stereocenters. The van der Waals surface area contributed by atoms with Crippen LogP contribution in [0.4, 0.5) is 29.7 Å². The van der Waals surface area contributed by atoms with Crippen molar-refractivity contribution in [2.75, 3.05) is 51.7 Å². The van der Waals surface area contributed by atoms with Crippen LogP contribution in [0.1, 0.15) is 99.2 Å². The number of imide groups is 2. The number of alkyl halides is 1. The molecule has 0 saturated carbocycles. The number of nitrogens with one attached hydrogen (secondary N) is 1. The smallest absolute Gasteiger partial charge is 0.587 e. The molecular weight excluding hydrogens is 1750 g/mol. The van der Waals surface area contributed by atoms with Gasteiger partial charge < -0.3 is 107 Å². The van der Waals surface area contributed by atoms with E-state index in [0.29, 0.717) is 72.6 Å². The van der Waals surface area contributed by atoms with Gasteiger partial charge >= 0.3 is 81.1 Å². The summed E-state index contributed by atoms with van der Waals surface area (Å²) < 4.78 is 6.35. The standard InChI is InChI=1S/C18H30B20N4O3.C14H12N4O5.C12H20B10N4O3.C8H5NO2.C6H8ClN3O3.C6H10N4O3.K/c19-31(20)35(27)37(33(23)24)29-11-15(29)5-1-3-8-40(13-17(43)14-41-10-7-39-18(41)42(44)45)9-4-2-6-16-12-30(16)38(34(25)26)36(28)32(21)22;19-9(7-16-6-5-15-14(16)18(22)23)8-17-12(20)10-3-1-2-4-11(10)13(17)21;13-19(14)21(17)22(20(15)16)18-7-10(18)3-1-2-4-23-8-11(27)9-25-6-5-24-12(25)26(28)29;10-7-5-3-1-2-4-6(5)8(11)9-7;2*7-3-5(11)4-9-2-1-8-6(9)10(12)13;/h7,10,15-17,43H,1-6,8-9,11-14H2;1-6,9,19H,7-8H2;5-6,10-11,23,27H,1-4,7-9H2;1-4H,(H,9,10,11);1-2,5,11H,3-4H2;1-2,5,11H,3-4,7H2;/q;;;;;;+1/p-1. The molecule has 5 aliphatic heterocycles. The van der Waals surface area contributed by atoms with Crippen LogP contribution in [0.5, 0.6) is 0 Å². The number of β-amino-alcohol motifs (C(OH)–C–C–N with tert-alkyl or cyclic N) is 1. The maximum Gasteiger partial charge on any atom is 1.00 e. The number of aliphatic hydroxyl groups is 5. The Bertz CT molecular complexity index is 4770. The summed E-state index contributed by atoms with van der Waals surface area (Å²) in [7, 11) is 89.1. The minimum absolute atomic E-state index is 0. The van der Waals surface area contributed by atoms with Crippen LogP contribution in [0.2, 0.25) is 36.4 Å². The van der Waals surface area contributed by atoms with Crippen molar-refractivity contribution >= 4 is 277 Å². The summed E-state index contributed by atoms with van der Waals surface area (Å²) in [6.07, 6.45) is 16.4. The third kappa shape index (κ3) is 36.4. The van der Waals surface area contributed by atoms with Crippen LogP contribution in [0.15, 0.2) is 110 Å². The minimum atomic E-state index is -1.15. The number of fused-ring (bicyclic) bond motifs is 2. The van der Waals surface area contributed by atoms with E-state index in [0.717, 1.165) is 106 Å². The number of imidazole rings is 5. The van der Waals surface area contributed by atoms with Crippen molar-refractivity contribution in [2.45, 2.75) is 157 Å². The van der Waals surface area contributed by atoms with Crippen molar-refractivity contribution in [2.24, 2.45) is 5.73 Å². The zero-order chi connectivity index (χ0) is 99.1. The monoisotopic (exact) mass is 1840 g/mol. The van der Waals surface area contributed by atoms with E-state index in [2.05, 4.69) is 40.5 Å². The van der Waals surface area contributed by atoms with E-state index in [1.807, 2.05) is 0 Å². The van der Waals surface area contributed by atoms with Gasteiger partial charge in [0.05, 0.1) is 112 Å². The van der Waals surface area contributed by atoms with E-state index in [9.17, 15) is 85.1 Å². The summed E-state index contributed by atoms with van der Waals surface area (Å²) in [4.78, 5) is 118. The maximum atomic E-state index is 12.2. The van der Waals surface area contributed by atoms with Crippen LogP contribution >= 0.6 is 11.6 Å². The van der Waals surface area contributed by atoms with Gasteiger partial charge in [-0.1, -0.05) is 136 Å². The number of unbranched alkanes of at least 4 members (excludes halogenated alkanes) is 3. The SMILES string of the molecule is NCC(O)Cn1ccnc1[N+](=O)[O-].O=C1[N-]C(=O)c2ccccc21.O=C1c2ccccc2C(=O)N1CC(O)Cn1ccnc1[N+](=O)[O-].O=[N+]([O-])c1nccn1CC(O)CCl.[B]B([B])B([B])B(B([B])[B])B1CC1CCCCN(CCCCC1CB1B(B([B])[B])B([B])B([B])[B])CC(O)Cn1ccnc1[N+](=O)[O-].[B]B([B])B([B])B(B([B])[B])B1CC1CCCCNCC(O)Cn1ccnc1[N+](=O)[O-].[K+]. The molecule has 4 amide bonds. The molecule has 12 rings (SSSR count). The van der Waals surface area contributed by atoms with Crippen molar-refractivity contribution in [3.63, 3.8) is 0 Å². The van der Waals surface area contributed by atoms with E-state index in [1.165, 1.54) is 80.2 Å². The van der Waals surface area contributed by atoms with Gasteiger partial charge in [0.2, 0.25) is 0 Å². The Balaban J connectivity index is 0.000000268. The first-order chi connectivity index (χ1) is 63.5. The average Bonchev–Trinajstić information content (AvgIpc) is 1.64. The molecule has 30 radical (unpaired) electrons. The normalized spacial score (nSPS) is 15.5. The average molecular weight is 1840 g/mol. The first-order valence-electron chi connectivity index (χ1n) is 43.6. The number of carbonyl (C=O) groups excluding carboxylic acids is 4. The molecule has 3 saturated heterocycles. The maximum absolute atomic E-state index is 12.2. The number of benzene rings is 2. The third-order valence-electron chi connectivity index (χ3n) is 23.7. The molecule has 0 spiro atoms. The number of rotatable bonds is 50. The number of aromatic nitrogens is 10. The molecular formula is C64H84B30ClKN20O19. The Morgan fingerprint density at radius 2 is 0.733 bits per heavy atom. The Kier molecular flexibility index (Phi) is 50.2. The Hall–Kier alpha value is -6.68. The Morgan fingerprint density at radius 1 is 0.437 bits per heavy atom. The number of halogens is 1. The summed E-state index contributed by atoms with van der Waals surface area (Å²) in [6.45, 7) is 4.19. The van der Waals surface area contributed by atoms with Gasteiger partial charge in [-0.3, -0.25) is 14.5 Å². The number of nitrogens with two attached hydrogens (primary N) is 1. The van der Waals surface area contributed by atoms with E-state index in [1.54, 1.807) is 48.5 Å². The van der Waals surface area contributed by atoms with Crippen LogP contribution in [-0.2, 0) is 32.7 Å². The summed E-state index contributed by atoms with van der Waals surface area (Å²) in [5.41, 5.74) is 6.57. The van der Waals surface area contributed by atoms with Crippen LogP contribution in [0.25, 0.3) is 5.32 Å². The quantitative estimate of drug-likeness (QED) is 0.00465. The third-order valence-corrected chi connectivity index (χ3v) is 24.0. The second-order valence-corrected chi connectivity index (χ2v) is 34.1. The summed E-state index contributed by atoms with van der Waals surface area (Å²) in [5.74, 6) is -1.78. The molecule has 71 heteroatoms. The molecule has 8 N–H and O–H groups in total. The second-order valence-electron chi connectivity index (χ2n) is 33.8. The molecule has 39 nitrogen and oxygen atoms in total. The first kappa shape index (κ1) is 117. The minimum Gasteiger partial charge on any atom is -0.587 e. The fraction of sp³-hybridized carbons (Fsp3) is 0.516. The molecule has 5 aliphatic rings. The number of aliphatic hydroxyl groups excluding tert-OH is 5. The van der Waals surface area contributed by atoms with Gasteiger partial charge in [0, 0.05) is 223 Å². The van der Waals surface area contributed by atoms with Gasteiger partial charge in [-0.25, -0.2) is 22.8 Å². The molecule has 3 fully saturated rings. The van der Waals surface area contributed by atoms with Gasteiger partial charge in [-0.05, 0) is 75.6 Å². The Labute approximate surface area is 857 Å². The van der Waals surface area contributed by atoms with Crippen molar-refractivity contribution in [3.8, 4) is 0 Å². The van der Waals surface area contributed by atoms with E-state index in [4.69, 9.17) is 144 Å². The zero-order valence-electron chi connectivity index (χ0n) is 75.0. The Morgan fingerprint density at radius 3 is 1.04 bits per heavy atom. The molecule has 0 bridgehead atoms. The molecule has 7 aromatic rings. The number of hydrogen-bond acceptors (Lipinski definition) is 27. The molecule has 8 atom stereocenters. The zero-order valence-corrected chi connectivity index (χ0v) is 78.8. The summed E-state index contributed by atoms with van der Waals surface area (Å²) >= 11 is 5.35. The fourth-order valence-electron chi connectivity index (χ4n) is 16.7. The van der Waals surface area contributed by atoms with E-state index < -0.39 is 142 Å². The molecule has 5 aromatic heterocycles. The molecule has 10 heterocycles. The molecule has 2 aromatic carbocycles. The first-order valence-corrected chi connectivity index (χ1v) is 44.1. The number of hydrogen-bond donors (Lipinski definition) is 7. The second kappa shape index (κ2) is 57.9. The topological polar surface area (TPSA) is 533 Å². The van der Waals surface area contributed by atoms with Gasteiger partial charge in [-0.2, -0.15) is 0 Å². The molecule has 652 valence electrons. The van der Waals surface area contributed by atoms with Gasteiger partial charge in [-0.15, -0.1) is 11.6 Å². The number of amides is 4. The molecule has 0 aliphatic carbocycles. The predicted molar refractivity (Wildman–Crippen MR) is 544 cm³/mol. The van der Waals surface area contributed by atoms with E-state index >= 15 is 0 Å². The summed E-state index contributed by atoms with van der Waals surface area (Å²) in [6, 6.07) is 13.0. The van der Waals surface area contributed by atoms with Gasteiger partial charge in [0.15, 0.2) is 0 Å². The van der Waals surface area contributed by atoms with Crippen molar-refractivity contribution < 1.29 is 121 Å². The summed E-state index contributed by atoms with van der Waals surface area (Å²) in [5, 5.41) is 109. The predicted octanol–water partition coefficient (Wildman–Crippen LogP) is -8.49. The van der Waals surface area contributed by atoms with E-state index in [-0.39, 0.29) is 146 Å². The molecule has 135 heavy (non-hydrogen) atoms. The fourth-order valence-corrected chi connectivity index (χ4v) is 16.8. The van der Waals surface area contributed by atoms with Crippen molar-refractivity contribution in [3.05, 3.63) is 189 Å². The largest absolute Gasteiger partial charge is 1.00 e. The van der Waals surface area contributed by atoms with Crippen molar-refractivity contribution in [1.29, 1.82) is 0 Å². The van der Waals surface area contributed by atoms with Crippen LogP contribution in [0, 0.1) is 50.6 Å². The van der Waals surface area contributed by atoms with Gasteiger partial charge in [0.1, 0.15) is 68.1 Å².